The van der Waals surface area contributed by atoms with Crippen LogP contribution in [-0.2, 0) is 4.79 Å². The SMILES string of the molecule is CC(C)(CN)C(=O)Nc1ccccc1Oc1ccccc1. The number of hydrogen-bond donors (Lipinski definition) is 2. The lowest BCUT2D eigenvalue weighted by molar-refractivity contribution is -0.123. The highest BCUT2D eigenvalue weighted by molar-refractivity contribution is 5.96. The molecule has 0 aliphatic rings. The first kappa shape index (κ1) is 15.1. The molecule has 0 aliphatic carbocycles. The van der Waals surface area contributed by atoms with Crippen molar-refractivity contribution in [3.8, 4) is 11.5 Å². The van der Waals surface area contributed by atoms with Crippen molar-refractivity contribution in [2.24, 2.45) is 11.1 Å². The largest absolute Gasteiger partial charge is 0.455 e. The fourth-order valence-corrected chi connectivity index (χ4v) is 1.66. The summed E-state index contributed by atoms with van der Waals surface area (Å²) in [6.07, 6.45) is 0. The van der Waals surface area contributed by atoms with Crippen molar-refractivity contribution in [2.75, 3.05) is 11.9 Å². The molecule has 0 fully saturated rings. The normalized spacial score (nSPS) is 11.0. The molecule has 0 radical (unpaired) electrons. The molecule has 2 aromatic carbocycles. The van der Waals surface area contributed by atoms with Crippen LogP contribution in [-0.4, -0.2) is 12.5 Å². The van der Waals surface area contributed by atoms with Crippen molar-refractivity contribution in [1.29, 1.82) is 0 Å². The number of ether oxygens (including phenoxy) is 1. The summed E-state index contributed by atoms with van der Waals surface area (Å²) in [6, 6.07) is 16.8. The first-order chi connectivity index (χ1) is 10.0. The topological polar surface area (TPSA) is 64.4 Å². The average molecular weight is 284 g/mol. The molecule has 0 saturated carbocycles. The third-order valence-electron chi connectivity index (χ3n) is 3.23. The molecule has 0 atom stereocenters. The van der Waals surface area contributed by atoms with Crippen molar-refractivity contribution >= 4 is 11.6 Å². The number of para-hydroxylation sites is 3. The second-order valence-corrected chi connectivity index (χ2v) is 5.45. The third-order valence-corrected chi connectivity index (χ3v) is 3.23. The zero-order valence-corrected chi connectivity index (χ0v) is 12.3. The molecule has 0 aliphatic heterocycles. The number of anilines is 1. The Morgan fingerprint density at radius 2 is 1.71 bits per heavy atom. The van der Waals surface area contributed by atoms with E-state index in [9.17, 15) is 4.79 Å². The summed E-state index contributed by atoms with van der Waals surface area (Å²) in [4.78, 5) is 12.2. The predicted molar refractivity (Wildman–Crippen MR) is 84.4 cm³/mol. The van der Waals surface area contributed by atoms with Gasteiger partial charge in [0.05, 0.1) is 11.1 Å². The lowest BCUT2D eigenvalue weighted by Gasteiger charge is -2.22. The Hall–Kier alpha value is -2.33. The molecule has 21 heavy (non-hydrogen) atoms. The Morgan fingerprint density at radius 3 is 2.38 bits per heavy atom. The predicted octanol–water partition coefficient (Wildman–Crippen LogP) is 3.40. The van der Waals surface area contributed by atoms with Gasteiger partial charge in [0.15, 0.2) is 5.75 Å². The zero-order chi connectivity index (χ0) is 15.3. The van der Waals surface area contributed by atoms with Crippen LogP contribution in [0, 0.1) is 5.41 Å². The highest BCUT2D eigenvalue weighted by Gasteiger charge is 2.26. The van der Waals surface area contributed by atoms with Gasteiger partial charge in [-0.15, -0.1) is 0 Å². The molecule has 0 bridgehead atoms. The van der Waals surface area contributed by atoms with E-state index in [0.717, 1.165) is 5.75 Å². The highest BCUT2D eigenvalue weighted by atomic mass is 16.5. The van der Waals surface area contributed by atoms with E-state index in [1.54, 1.807) is 0 Å². The Balaban J connectivity index is 2.20. The number of nitrogens with one attached hydrogen (secondary N) is 1. The van der Waals surface area contributed by atoms with Crippen LogP contribution >= 0.6 is 0 Å². The maximum absolute atomic E-state index is 12.2. The highest BCUT2D eigenvalue weighted by Crippen LogP contribution is 2.30. The van der Waals surface area contributed by atoms with E-state index in [1.165, 1.54) is 0 Å². The van der Waals surface area contributed by atoms with E-state index in [0.29, 0.717) is 11.4 Å². The van der Waals surface area contributed by atoms with E-state index < -0.39 is 5.41 Å². The maximum atomic E-state index is 12.2. The van der Waals surface area contributed by atoms with Gasteiger partial charge in [0.25, 0.3) is 0 Å². The molecule has 2 aromatic rings. The number of carbonyl (C=O) groups is 1. The molecule has 0 saturated heterocycles. The summed E-state index contributed by atoms with van der Waals surface area (Å²) in [6.45, 7) is 3.90. The van der Waals surface area contributed by atoms with Gasteiger partial charge in [0, 0.05) is 6.54 Å². The minimum Gasteiger partial charge on any atom is -0.455 e. The number of nitrogens with two attached hydrogens (primary N) is 1. The minimum absolute atomic E-state index is 0.130. The summed E-state index contributed by atoms with van der Waals surface area (Å²) < 4.78 is 5.81. The molecule has 1 amide bonds. The Bertz CT molecular complexity index is 609. The number of benzene rings is 2. The van der Waals surface area contributed by atoms with Gasteiger partial charge in [0.1, 0.15) is 5.75 Å². The van der Waals surface area contributed by atoms with Gasteiger partial charge in [0.2, 0.25) is 5.91 Å². The van der Waals surface area contributed by atoms with Gasteiger partial charge in [-0.25, -0.2) is 0 Å². The summed E-state index contributed by atoms with van der Waals surface area (Å²) >= 11 is 0. The first-order valence-electron chi connectivity index (χ1n) is 6.86. The van der Waals surface area contributed by atoms with Crippen LogP contribution in [0.5, 0.6) is 11.5 Å². The van der Waals surface area contributed by atoms with E-state index in [2.05, 4.69) is 5.32 Å². The van der Waals surface area contributed by atoms with E-state index >= 15 is 0 Å². The lowest BCUT2D eigenvalue weighted by Crippen LogP contribution is -2.37. The Kier molecular flexibility index (Phi) is 4.60. The van der Waals surface area contributed by atoms with Gasteiger partial charge < -0.3 is 15.8 Å². The number of amides is 1. The molecule has 4 nitrogen and oxygen atoms in total. The second kappa shape index (κ2) is 6.41. The number of carbonyl (C=O) groups excluding carboxylic acids is 1. The molecule has 0 unspecified atom stereocenters. The average Bonchev–Trinajstić information content (AvgIpc) is 2.50. The van der Waals surface area contributed by atoms with Crippen molar-refractivity contribution in [3.63, 3.8) is 0 Å². The van der Waals surface area contributed by atoms with Crippen LogP contribution in [0.15, 0.2) is 54.6 Å². The quantitative estimate of drug-likeness (QED) is 0.884. The zero-order valence-electron chi connectivity index (χ0n) is 12.3. The van der Waals surface area contributed by atoms with Crippen LogP contribution in [0.25, 0.3) is 0 Å². The summed E-state index contributed by atoms with van der Waals surface area (Å²) in [5, 5.41) is 2.88. The van der Waals surface area contributed by atoms with Crippen LogP contribution < -0.4 is 15.8 Å². The summed E-state index contributed by atoms with van der Waals surface area (Å²) in [7, 11) is 0. The van der Waals surface area contributed by atoms with Gasteiger partial charge in [-0.1, -0.05) is 30.3 Å². The smallest absolute Gasteiger partial charge is 0.231 e. The molecule has 3 N–H and O–H groups in total. The fourth-order valence-electron chi connectivity index (χ4n) is 1.66. The van der Waals surface area contributed by atoms with Gasteiger partial charge in [-0.2, -0.15) is 0 Å². The monoisotopic (exact) mass is 284 g/mol. The lowest BCUT2D eigenvalue weighted by atomic mass is 9.92. The Labute approximate surface area is 124 Å². The van der Waals surface area contributed by atoms with Gasteiger partial charge in [-0.05, 0) is 38.1 Å². The molecule has 0 spiro atoms. The van der Waals surface area contributed by atoms with Crippen LogP contribution in [0.3, 0.4) is 0 Å². The van der Waals surface area contributed by atoms with Crippen molar-refractivity contribution in [2.45, 2.75) is 13.8 Å². The number of rotatable bonds is 5. The standard InChI is InChI=1S/C17H20N2O2/c1-17(2,12-18)16(20)19-14-10-6-7-11-15(14)21-13-8-4-3-5-9-13/h3-11H,12,18H2,1-2H3,(H,19,20). The van der Waals surface area contributed by atoms with Crippen molar-refractivity contribution in [1.82, 2.24) is 0 Å². The molecule has 0 heterocycles. The van der Waals surface area contributed by atoms with E-state index in [1.807, 2.05) is 68.4 Å². The van der Waals surface area contributed by atoms with E-state index in [4.69, 9.17) is 10.5 Å². The van der Waals surface area contributed by atoms with Crippen LogP contribution in [0.4, 0.5) is 5.69 Å². The molecule has 2 rings (SSSR count). The van der Waals surface area contributed by atoms with Gasteiger partial charge in [-0.3, -0.25) is 4.79 Å². The molecule has 0 aromatic heterocycles. The maximum Gasteiger partial charge on any atom is 0.231 e. The van der Waals surface area contributed by atoms with E-state index in [-0.39, 0.29) is 12.5 Å². The van der Waals surface area contributed by atoms with Crippen molar-refractivity contribution < 1.29 is 9.53 Å². The Morgan fingerprint density at radius 1 is 1.10 bits per heavy atom. The molecule has 4 heteroatoms. The third kappa shape index (κ3) is 3.83. The number of hydrogen-bond acceptors (Lipinski definition) is 3. The summed E-state index contributed by atoms with van der Waals surface area (Å²) in [5.41, 5.74) is 5.64. The second-order valence-electron chi connectivity index (χ2n) is 5.45. The van der Waals surface area contributed by atoms with Crippen LogP contribution in [0.2, 0.25) is 0 Å². The first-order valence-corrected chi connectivity index (χ1v) is 6.86. The fraction of sp³-hybridized carbons (Fsp3) is 0.235. The van der Waals surface area contributed by atoms with Crippen LogP contribution in [0.1, 0.15) is 13.8 Å². The molecule has 110 valence electrons. The molecular formula is C17H20N2O2. The van der Waals surface area contributed by atoms with Crippen molar-refractivity contribution in [3.05, 3.63) is 54.6 Å². The van der Waals surface area contributed by atoms with Gasteiger partial charge >= 0.3 is 0 Å². The molecular weight excluding hydrogens is 264 g/mol. The summed E-state index contributed by atoms with van der Waals surface area (Å²) in [5.74, 6) is 1.19. The minimum atomic E-state index is -0.625.